The van der Waals surface area contributed by atoms with E-state index in [1.807, 2.05) is 31.1 Å². The molecule has 6 nitrogen and oxygen atoms in total. The van der Waals surface area contributed by atoms with Crippen molar-refractivity contribution < 1.29 is 19.0 Å². The van der Waals surface area contributed by atoms with Gasteiger partial charge in [-0.3, -0.25) is 9.69 Å². The maximum Gasteiger partial charge on any atom is 0.238 e. The van der Waals surface area contributed by atoms with Crippen molar-refractivity contribution in [3.05, 3.63) is 42.0 Å². The maximum atomic E-state index is 12.7. The van der Waals surface area contributed by atoms with E-state index < -0.39 is 0 Å². The molecular formula is C20H24N2O4S. The van der Waals surface area contributed by atoms with Crippen LogP contribution < -0.4 is 24.0 Å². The lowest BCUT2D eigenvalue weighted by atomic mass is 10.1. The molecule has 7 heteroatoms. The zero-order chi connectivity index (χ0) is 19.6. The van der Waals surface area contributed by atoms with E-state index in [0.29, 0.717) is 23.0 Å². The number of rotatable bonds is 6. The molecule has 1 heterocycles. The minimum atomic E-state index is -0.100. The number of benzene rings is 2. The van der Waals surface area contributed by atoms with E-state index in [-0.39, 0.29) is 11.3 Å². The van der Waals surface area contributed by atoms with Gasteiger partial charge in [0.1, 0.15) is 5.37 Å². The van der Waals surface area contributed by atoms with Gasteiger partial charge in [0.25, 0.3) is 0 Å². The molecule has 27 heavy (non-hydrogen) atoms. The lowest BCUT2D eigenvalue weighted by Crippen LogP contribution is -2.28. The predicted octanol–water partition coefficient (Wildman–Crippen LogP) is 3.56. The van der Waals surface area contributed by atoms with Crippen LogP contribution in [0.15, 0.2) is 36.4 Å². The van der Waals surface area contributed by atoms with Crippen molar-refractivity contribution in [1.29, 1.82) is 0 Å². The third-order valence-electron chi connectivity index (χ3n) is 4.49. The number of carbonyl (C=O) groups is 1. The summed E-state index contributed by atoms with van der Waals surface area (Å²) in [5.41, 5.74) is 2.92. The van der Waals surface area contributed by atoms with Gasteiger partial charge in [-0.05, 0) is 17.7 Å². The molecule has 1 fully saturated rings. The Kier molecular flexibility index (Phi) is 5.70. The normalized spacial score (nSPS) is 16.4. The molecule has 1 unspecified atom stereocenters. The summed E-state index contributed by atoms with van der Waals surface area (Å²) in [6.07, 6.45) is 0. The van der Waals surface area contributed by atoms with Gasteiger partial charge >= 0.3 is 0 Å². The molecule has 0 N–H and O–H groups in total. The van der Waals surface area contributed by atoms with E-state index in [2.05, 4.69) is 24.3 Å². The maximum absolute atomic E-state index is 12.7. The molecule has 2 aromatic rings. The van der Waals surface area contributed by atoms with Crippen molar-refractivity contribution in [3.8, 4) is 17.2 Å². The molecule has 1 aliphatic heterocycles. The summed E-state index contributed by atoms with van der Waals surface area (Å²) in [5.74, 6) is 2.04. The number of hydrogen-bond donors (Lipinski definition) is 0. The molecule has 1 atom stereocenters. The van der Waals surface area contributed by atoms with Crippen LogP contribution >= 0.6 is 11.8 Å². The zero-order valence-corrected chi connectivity index (χ0v) is 17.0. The molecule has 0 aromatic heterocycles. The van der Waals surface area contributed by atoms with Crippen LogP contribution in [-0.4, -0.2) is 47.1 Å². The molecule has 0 saturated carbocycles. The van der Waals surface area contributed by atoms with Crippen LogP contribution in [-0.2, 0) is 4.79 Å². The van der Waals surface area contributed by atoms with Crippen molar-refractivity contribution in [3.63, 3.8) is 0 Å². The topological polar surface area (TPSA) is 51.2 Å². The molecule has 0 radical (unpaired) electrons. The molecule has 1 amide bonds. The Labute approximate surface area is 164 Å². The van der Waals surface area contributed by atoms with Crippen LogP contribution in [0.5, 0.6) is 17.2 Å². The quantitative estimate of drug-likeness (QED) is 0.754. The van der Waals surface area contributed by atoms with Gasteiger partial charge in [0.2, 0.25) is 11.7 Å². The molecule has 1 aliphatic rings. The Morgan fingerprint density at radius 1 is 1.00 bits per heavy atom. The summed E-state index contributed by atoms with van der Waals surface area (Å²) in [5, 5.41) is -0.100. The van der Waals surface area contributed by atoms with Crippen LogP contribution in [0, 0.1) is 0 Å². The van der Waals surface area contributed by atoms with Crippen molar-refractivity contribution in [2.45, 2.75) is 5.37 Å². The molecule has 0 spiro atoms. The van der Waals surface area contributed by atoms with E-state index in [1.54, 1.807) is 38.0 Å². The van der Waals surface area contributed by atoms with Gasteiger partial charge in [-0.25, -0.2) is 0 Å². The summed E-state index contributed by atoms with van der Waals surface area (Å²) in [6.45, 7) is 0. The summed E-state index contributed by atoms with van der Waals surface area (Å²) >= 11 is 1.61. The minimum Gasteiger partial charge on any atom is -0.493 e. The second-order valence-corrected chi connectivity index (χ2v) is 7.37. The van der Waals surface area contributed by atoms with E-state index in [4.69, 9.17) is 14.2 Å². The zero-order valence-electron chi connectivity index (χ0n) is 16.2. The second kappa shape index (κ2) is 8.00. The SMILES string of the molecule is COc1cc(N2C(=O)CSC2c2ccc(N(C)C)cc2)cc(OC)c1OC. The number of carbonyl (C=O) groups excluding carboxylic acids is 1. The summed E-state index contributed by atoms with van der Waals surface area (Å²) in [4.78, 5) is 16.5. The molecule has 3 rings (SSSR count). The first kappa shape index (κ1) is 19.2. The van der Waals surface area contributed by atoms with Gasteiger partial charge in [-0.2, -0.15) is 0 Å². The van der Waals surface area contributed by atoms with Crippen LogP contribution in [0.4, 0.5) is 11.4 Å². The van der Waals surface area contributed by atoms with Crippen molar-refractivity contribution in [2.24, 2.45) is 0 Å². The van der Waals surface area contributed by atoms with Crippen LogP contribution in [0.1, 0.15) is 10.9 Å². The van der Waals surface area contributed by atoms with Crippen molar-refractivity contribution in [1.82, 2.24) is 0 Å². The lowest BCUT2D eigenvalue weighted by Gasteiger charge is -2.26. The molecule has 144 valence electrons. The lowest BCUT2D eigenvalue weighted by molar-refractivity contribution is -0.115. The fourth-order valence-electron chi connectivity index (χ4n) is 3.09. The van der Waals surface area contributed by atoms with E-state index in [1.165, 1.54) is 0 Å². The standard InChI is InChI=1S/C20H24N2O4S/c1-21(2)14-8-6-13(7-9-14)20-22(18(23)12-27-20)15-10-16(24-3)19(26-5)17(11-15)25-4/h6-11,20H,12H2,1-5H3. The first-order valence-corrected chi connectivity index (χ1v) is 9.56. The molecule has 2 aromatic carbocycles. The second-order valence-electron chi connectivity index (χ2n) is 6.30. The highest BCUT2D eigenvalue weighted by atomic mass is 32.2. The molecule has 1 saturated heterocycles. The van der Waals surface area contributed by atoms with Gasteiger partial charge in [0, 0.05) is 31.9 Å². The smallest absolute Gasteiger partial charge is 0.238 e. The third-order valence-corrected chi connectivity index (χ3v) is 5.70. The largest absolute Gasteiger partial charge is 0.493 e. The number of anilines is 2. The number of ether oxygens (including phenoxy) is 3. The van der Waals surface area contributed by atoms with E-state index in [0.717, 1.165) is 16.9 Å². The highest BCUT2D eigenvalue weighted by Crippen LogP contribution is 2.47. The Balaban J connectivity index is 2.01. The Hall–Kier alpha value is -2.54. The van der Waals surface area contributed by atoms with E-state index in [9.17, 15) is 4.79 Å². The van der Waals surface area contributed by atoms with Crippen LogP contribution in [0.3, 0.4) is 0 Å². The molecule has 0 aliphatic carbocycles. The minimum absolute atomic E-state index is 0.0518. The Morgan fingerprint density at radius 2 is 1.59 bits per heavy atom. The third kappa shape index (κ3) is 3.64. The number of methoxy groups -OCH3 is 3. The monoisotopic (exact) mass is 388 g/mol. The molecular weight excluding hydrogens is 364 g/mol. The first-order valence-electron chi connectivity index (χ1n) is 8.51. The first-order chi connectivity index (χ1) is 13.0. The number of nitrogens with zero attached hydrogens (tertiary/aromatic N) is 2. The van der Waals surface area contributed by atoms with Gasteiger partial charge in [-0.1, -0.05) is 12.1 Å². The van der Waals surface area contributed by atoms with Crippen molar-refractivity contribution >= 4 is 29.0 Å². The van der Waals surface area contributed by atoms with Crippen LogP contribution in [0.2, 0.25) is 0 Å². The van der Waals surface area contributed by atoms with E-state index >= 15 is 0 Å². The Bertz CT molecular complexity index is 798. The summed E-state index contributed by atoms with van der Waals surface area (Å²) in [6, 6.07) is 11.9. The highest BCUT2D eigenvalue weighted by molar-refractivity contribution is 8.00. The number of hydrogen-bond acceptors (Lipinski definition) is 6. The van der Waals surface area contributed by atoms with Gasteiger partial charge in [0.15, 0.2) is 11.5 Å². The molecule has 0 bridgehead atoms. The highest BCUT2D eigenvalue weighted by Gasteiger charge is 2.35. The Morgan fingerprint density at radius 3 is 2.07 bits per heavy atom. The fraction of sp³-hybridized carbons (Fsp3) is 0.350. The van der Waals surface area contributed by atoms with Gasteiger partial charge in [-0.15, -0.1) is 11.8 Å². The predicted molar refractivity (Wildman–Crippen MR) is 110 cm³/mol. The summed E-state index contributed by atoms with van der Waals surface area (Å²) < 4.78 is 16.3. The van der Waals surface area contributed by atoms with Gasteiger partial charge < -0.3 is 19.1 Å². The van der Waals surface area contributed by atoms with Crippen LogP contribution in [0.25, 0.3) is 0 Å². The number of thioether (sulfide) groups is 1. The average Bonchev–Trinajstić information content (AvgIpc) is 3.08. The summed E-state index contributed by atoms with van der Waals surface area (Å²) in [7, 11) is 8.71. The van der Waals surface area contributed by atoms with Crippen molar-refractivity contribution in [2.75, 3.05) is 51.0 Å². The fourth-order valence-corrected chi connectivity index (χ4v) is 4.27. The average molecular weight is 388 g/mol. The van der Waals surface area contributed by atoms with Gasteiger partial charge in [0.05, 0.1) is 32.8 Å². The number of amides is 1.